The third-order valence-electron chi connectivity index (χ3n) is 5.72. The number of thiocarbonyl (C=S) groups is 1. The molecule has 0 fully saturated rings. The maximum absolute atomic E-state index is 13.3. The maximum Gasteiger partial charge on any atom is 0.346 e. The van der Waals surface area contributed by atoms with E-state index in [2.05, 4.69) is 0 Å². The number of carbonyl (C=O) groups excluding carboxylic acids is 3. The number of methoxy groups -OCH3 is 2. The van der Waals surface area contributed by atoms with Gasteiger partial charge in [0.25, 0.3) is 0 Å². The number of fused-ring (bicyclic) bond motifs is 1. The van der Waals surface area contributed by atoms with Gasteiger partial charge in [-0.05, 0) is 51.0 Å². The average Bonchev–Trinajstić information content (AvgIpc) is 3.19. The van der Waals surface area contributed by atoms with Gasteiger partial charge in [0.1, 0.15) is 9.81 Å². The Kier molecular flexibility index (Phi) is 7.17. The molecule has 2 aliphatic rings. The van der Waals surface area contributed by atoms with Crippen molar-refractivity contribution in [3.8, 4) is 0 Å². The Bertz CT molecular complexity index is 1120. The molecule has 33 heavy (non-hydrogen) atoms. The zero-order chi connectivity index (χ0) is 24.8. The first kappa shape index (κ1) is 25.5. The summed E-state index contributed by atoms with van der Waals surface area (Å²) < 4.78 is 10.5. The van der Waals surface area contributed by atoms with Gasteiger partial charge < -0.3 is 14.4 Å². The van der Waals surface area contributed by atoms with E-state index in [9.17, 15) is 14.4 Å². The standard InChI is InChI=1S/C24H27NO5S3/c1-11(2)20(26)25-15-10-13(4)12(3)9-14(15)16(19(31)24(25,5)6)23-32-17(21(27)29-7)18(33-23)22(28)30-8/h9-11H,1-8H3. The summed E-state index contributed by atoms with van der Waals surface area (Å²) in [5, 5.41) is 0. The molecule has 0 spiro atoms. The molecule has 9 heteroatoms. The van der Waals surface area contributed by atoms with E-state index in [0.29, 0.717) is 9.10 Å². The van der Waals surface area contributed by atoms with E-state index in [4.69, 9.17) is 21.7 Å². The molecule has 176 valence electrons. The van der Waals surface area contributed by atoms with E-state index in [1.54, 1.807) is 4.90 Å². The summed E-state index contributed by atoms with van der Waals surface area (Å²) in [5.74, 6) is -1.46. The fourth-order valence-electron chi connectivity index (χ4n) is 3.73. The van der Waals surface area contributed by atoms with Gasteiger partial charge in [-0.25, -0.2) is 9.59 Å². The molecule has 0 saturated heterocycles. The molecule has 0 radical (unpaired) electrons. The molecule has 0 saturated carbocycles. The summed E-state index contributed by atoms with van der Waals surface area (Å²) in [7, 11) is 2.54. The Morgan fingerprint density at radius 1 is 0.970 bits per heavy atom. The average molecular weight is 506 g/mol. The SMILES string of the molecule is COC(=O)C1=C(C(=O)OC)SC(=C2C(=S)C(C)(C)N(C(=O)C(C)C)c3cc(C)c(C)cc32)S1. The van der Waals surface area contributed by atoms with Gasteiger partial charge in [0.05, 0.1) is 34.5 Å². The van der Waals surface area contributed by atoms with Crippen LogP contribution < -0.4 is 4.90 Å². The first-order valence-electron chi connectivity index (χ1n) is 10.4. The highest BCUT2D eigenvalue weighted by Gasteiger charge is 2.46. The van der Waals surface area contributed by atoms with Crippen molar-refractivity contribution in [1.82, 2.24) is 0 Å². The minimum Gasteiger partial charge on any atom is -0.465 e. The Morgan fingerprint density at radius 2 is 1.45 bits per heavy atom. The summed E-state index contributed by atoms with van der Waals surface area (Å²) in [6.07, 6.45) is 0. The minimum atomic E-state index is -0.797. The number of hydrogen-bond donors (Lipinski definition) is 0. The van der Waals surface area contributed by atoms with E-state index in [-0.39, 0.29) is 21.6 Å². The molecule has 6 nitrogen and oxygen atoms in total. The highest BCUT2D eigenvalue weighted by atomic mass is 32.2. The van der Waals surface area contributed by atoms with Crippen LogP contribution in [0.2, 0.25) is 0 Å². The second-order valence-corrected chi connectivity index (χ2v) is 11.4. The number of hydrogen-bond acceptors (Lipinski definition) is 8. The molecule has 0 aliphatic carbocycles. The zero-order valence-electron chi connectivity index (χ0n) is 19.9. The van der Waals surface area contributed by atoms with E-state index < -0.39 is 17.5 Å². The number of rotatable bonds is 3. The Labute approximate surface area is 208 Å². The lowest BCUT2D eigenvalue weighted by molar-refractivity contribution is -0.138. The number of aryl methyl sites for hydroxylation is 2. The van der Waals surface area contributed by atoms with Crippen LogP contribution in [0.15, 0.2) is 26.2 Å². The van der Waals surface area contributed by atoms with Crippen LogP contribution in [0.4, 0.5) is 5.69 Å². The lowest BCUT2D eigenvalue weighted by Crippen LogP contribution is -2.57. The quantitative estimate of drug-likeness (QED) is 0.317. The lowest BCUT2D eigenvalue weighted by atomic mass is 9.81. The molecule has 3 rings (SSSR count). The molecule has 1 aromatic carbocycles. The zero-order valence-corrected chi connectivity index (χ0v) is 22.4. The Morgan fingerprint density at radius 3 is 1.91 bits per heavy atom. The van der Waals surface area contributed by atoms with Crippen molar-refractivity contribution in [2.75, 3.05) is 19.1 Å². The number of carbonyl (C=O) groups is 3. The molecule has 1 amide bonds. The number of esters is 2. The molecule has 0 aromatic heterocycles. The topological polar surface area (TPSA) is 72.9 Å². The summed E-state index contributed by atoms with van der Waals surface area (Å²) in [5.41, 5.74) is 3.63. The third-order valence-corrected chi connectivity index (χ3v) is 8.98. The molecule has 0 bridgehead atoms. The molecule has 2 aliphatic heterocycles. The maximum atomic E-state index is 13.3. The summed E-state index contributed by atoms with van der Waals surface area (Å²) in [6.45, 7) is 11.6. The van der Waals surface area contributed by atoms with Crippen molar-refractivity contribution in [1.29, 1.82) is 0 Å². The van der Waals surface area contributed by atoms with Gasteiger partial charge in [-0.15, -0.1) is 0 Å². The number of thioether (sulfide) groups is 2. The van der Waals surface area contributed by atoms with Crippen LogP contribution in [0.3, 0.4) is 0 Å². The number of amides is 1. The van der Waals surface area contributed by atoms with Crippen molar-refractivity contribution in [3.05, 3.63) is 42.9 Å². The number of nitrogens with zero attached hydrogens (tertiary/aromatic N) is 1. The van der Waals surface area contributed by atoms with Crippen LogP contribution >= 0.6 is 35.7 Å². The lowest BCUT2D eigenvalue weighted by Gasteiger charge is -2.46. The van der Waals surface area contributed by atoms with Crippen LogP contribution in [0.1, 0.15) is 44.4 Å². The fraction of sp³-hybridized carbons (Fsp3) is 0.417. The van der Waals surface area contributed by atoms with Gasteiger partial charge >= 0.3 is 11.9 Å². The Hall–Kier alpha value is -2.10. The van der Waals surface area contributed by atoms with Crippen molar-refractivity contribution in [2.45, 2.75) is 47.1 Å². The van der Waals surface area contributed by atoms with Gasteiger partial charge in [-0.1, -0.05) is 49.6 Å². The summed E-state index contributed by atoms with van der Waals surface area (Å²) in [4.78, 5) is 40.8. The van der Waals surface area contributed by atoms with Gasteiger partial charge in [-0.3, -0.25) is 4.79 Å². The van der Waals surface area contributed by atoms with Crippen LogP contribution in [-0.4, -0.2) is 42.5 Å². The summed E-state index contributed by atoms with van der Waals surface area (Å²) >= 11 is 8.27. The Balaban J connectivity index is 2.31. The van der Waals surface area contributed by atoms with Crippen molar-refractivity contribution < 1.29 is 23.9 Å². The van der Waals surface area contributed by atoms with Crippen molar-refractivity contribution in [2.24, 2.45) is 5.92 Å². The predicted molar refractivity (Wildman–Crippen MR) is 138 cm³/mol. The van der Waals surface area contributed by atoms with Gasteiger partial charge in [0.15, 0.2) is 0 Å². The molecule has 1 aromatic rings. The van der Waals surface area contributed by atoms with Crippen molar-refractivity contribution in [3.63, 3.8) is 0 Å². The number of anilines is 1. The third kappa shape index (κ3) is 4.26. The molecule has 0 N–H and O–H groups in total. The summed E-state index contributed by atoms with van der Waals surface area (Å²) in [6, 6.07) is 4.03. The monoisotopic (exact) mass is 505 g/mol. The molecule has 2 heterocycles. The second-order valence-electron chi connectivity index (χ2n) is 8.68. The fourth-order valence-corrected chi connectivity index (χ4v) is 6.76. The van der Waals surface area contributed by atoms with Gasteiger partial charge in [0.2, 0.25) is 5.91 Å². The van der Waals surface area contributed by atoms with Crippen LogP contribution in [0.25, 0.3) is 5.57 Å². The predicted octanol–water partition coefficient (Wildman–Crippen LogP) is 5.16. The van der Waals surface area contributed by atoms with Crippen LogP contribution in [0.5, 0.6) is 0 Å². The molecule has 0 unspecified atom stereocenters. The van der Waals surface area contributed by atoms with Crippen molar-refractivity contribution >= 4 is 69.7 Å². The first-order chi connectivity index (χ1) is 15.4. The minimum absolute atomic E-state index is 0.0220. The smallest absolute Gasteiger partial charge is 0.346 e. The normalized spacial score (nSPS) is 17.5. The van der Waals surface area contributed by atoms with E-state index >= 15 is 0 Å². The van der Waals surface area contributed by atoms with Gasteiger partial charge in [-0.2, -0.15) is 0 Å². The van der Waals surface area contributed by atoms with E-state index in [0.717, 1.165) is 51.5 Å². The molecular formula is C24H27NO5S3. The van der Waals surface area contributed by atoms with Crippen LogP contribution in [-0.2, 0) is 23.9 Å². The largest absolute Gasteiger partial charge is 0.465 e. The number of benzene rings is 1. The second kappa shape index (κ2) is 9.27. The van der Waals surface area contributed by atoms with Gasteiger partial charge in [0, 0.05) is 17.1 Å². The first-order valence-corrected chi connectivity index (χ1v) is 12.4. The highest BCUT2D eigenvalue weighted by molar-refractivity contribution is 8.29. The molecule has 0 atom stereocenters. The van der Waals surface area contributed by atoms with E-state index in [1.807, 2.05) is 53.7 Å². The van der Waals surface area contributed by atoms with E-state index in [1.165, 1.54) is 14.2 Å². The van der Waals surface area contributed by atoms with Crippen LogP contribution in [0, 0.1) is 19.8 Å². The highest BCUT2D eigenvalue weighted by Crippen LogP contribution is 2.56. The molecular weight excluding hydrogens is 478 g/mol. The number of ether oxygens (including phenoxy) is 2.